The molecule has 7 heteroatoms. The van der Waals surface area contributed by atoms with Crippen molar-refractivity contribution >= 4 is 33.0 Å². The van der Waals surface area contributed by atoms with Crippen molar-refractivity contribution in [2.75, 3.05) is 6.26 Å². The molecule has 0 saturated heterocycles. The zero-order valence-corrected chi connectivity index (χ0v) is 10.6. The van der Waals surface area contributed by atoms with Crippen LogP contribution in [0.5, 0.6) is 0 Å². The standard InChI is InChI=1S/C9H7ClN2O2S2/c1-16(13,14)9-11-8(12-15-9)6-2-4-7(10)5-3-6/h2-5H,1H3. The summed E-state index contributed by atoms with van der Waals surface area (Å²) in [6.07, 6.45) is 1.11. The highest BCUT2D eigenvalue weighted by molar-refractivity contribution is 7.92. The van der Waals surface area contributed by atoms with E-state index in [1.54, 1.807) is 24.3 Å². The third-order valence-electron chi connectivity index (χ3n) is 1.83. The number of rotatable bonds is 2. The van der Waals surface area contributed by atoms with E-state index in [1.165, 1.54) is 0 Å². The van der Waals surface area contributed by atoms with Crippen molar-refractivity contribution in [3.8, 4) is 11.4 Å². The maximum absolute atomic E-state index is 11.2. The van der Waals surface area contributed by atoms with Crippen LogP contribution in [0, 0.1) is 0 Å². The Kier molecular flexibility index (Phi) is 2.96. The smallest absolute Gasteiger partial charge is 0.221 e. The molecule has 0 amide bonds. The van der Waals surface area contributed by atoms with Crippen molar-refractivity contribution < 1.29 is 8.42 Å². The molecular formula is C9H7ClN2O2S2. The number of sulfone groups is 1. The molecule has 16 heavy (non-hydrogen) atoms. The quantitative estimate of drug-likeness (QED) is 0.843. The van der Waals surface area contributed by atoms with E-state index in [0.29, 0.717) is 10.8 Å². The van der Waals surface area contributed by atoms with Gasteiger partial charge in [-0.25, -0.2) is 13.4 Å². The minimum atomic E-state index is -3.28. The van der Waals surface area contributed by atoms with Gasteiger partial charge in [-0.05, 0) is 35.8 Å². The minimum Gasteiger partial charge on any atom is -0.221 e. The van der Waals surface area contributed by atoms with Gasteiger partial charge >= 0.3 is 0 Å². The molecular weight excluding hydrogens is 268 g/mol. The van der Waals surface area contributed by atoms with Gasteiger partial charge in [0, 0.05) is 16.8 Å². The van der Waals surface area contributed by atoms with E-state index < -0.39 is 9.84 Å². The van der Waals surface area contributed by atoms with Gasteiger partial charge in [-0.2, -0.15) is 4.37 Å². The lowest BCUT2D eigenvalue weighted by atomic mass is 10.2. The van der Waals surface area contributed by atoms with Crippen LogP contribution >= 0.6 is 23.1 Å². The van der Waals surface area contributed by atoms with Gasteiger partial charge in [0.15, 0.2) is 5.82 Å². The number of benzene rings is 1. The van der Waals surface area contributed by atoms with Crippen molar-refractivity contribution in [2.24, 2.45) is 0 Å². The normalized spacial score (nSPS) is 11.6. The molecule has 0 aliphatic heterocycles. The van der Waals surface area contributed by atoms with Crippen molar-refractivity contribution in [1.82, 2.24) is 9.36 Å². The van der Waals surface area contributed by atoms with Crippen LogP contribution in [0.1, 0.15) is 0 Å². The monoisotopic (exact) mass is 274 g/mol. The van der Waals surface area contributed by atoms with Crippen LogP contribution in [0.3, 0.4) is 0 Å². The van der Waals surface area contributed by atoms with Crippen molar-refractivity contribution in [3.05, 3.63) is 29.3 Å². The topological polar surface area (TPSA) is 59.9 Å². The Morgan fingerprint density at radius 1 is 1.25 bits per heavy atom. The molecule has 1 aromatic heterocycles. The molecule has 2 rings (SSSR count). The first-order chi connectivity index (χ1) is 7.47. The SMILES string of the molecule is CS(=O)(=O)c1nc(-c2ccc(Cl)cc2)ns1. The number of hydrogen-bond acceptors (Lipinski definition) is 5. The fraction of sp³-hybridized carbons (Fsp3) is 0.111. The Labute approximate surface area is 102 Å². The van der Waals surface area contributed by atoms with Gasteiger partial charge in [0.25, 0.3) is 0 Å². The second-order valence-corrected chi connectivity index (χ2v) is 6.54. The summed E-state index contributed by atoms with van der Waals surface area (Å²) in [5.41, 5.74) is 0.746. The Bertz CT molecular complexity index is 605. The highest BCUT2D eigenvalue weighted by atomic mass is 35.5. The Balaban J connectivity index is 2.43. The van der Waals surface area contributed by atoms with E-state index in [4.69, 9.17) is 11.6 Å². The van der Waals surface area contributed by atoms with Crippen LogP contribution in [0.15, 0.2) is 28.6 Å². The summed E-state index contributed by atoms with van der Waals surface area (Å²) in [5, 5.41) is 0.613. The summed E-state index contributed by atoms with van der Waals surface area (Å²) < 4.78 is 26.5. The molecule has 84 valence electrons. The van der Waals surface area contributed by atoms with Gasteiger partial charge < -0.3 is 0 Å². The number of nitrogens with zero attached hydrogens (tertiary/aromatic N) is 2. The van der Waals surface area contributed by atoms with Crippen LogP contribution in [0.2, 0.25) is 5.02 Å². The van der Waals surface area contributed by atoms with Crippen molar-refractivity contribution in [2.45, 2.75) is 4.34 Å². The summed E-state index contributed by atoms with van der Waals surface area (Å²) in [6.45, 7) is 0. The summed E-state index contributed by atoms with van der Waals surface area (Å²) in [5.74, 6) is 0.405. The lowest BCUT2D eigenvalue weighted by Gasteiger charge is -1.94. The predicted molar refractivity (Wildman–Crippen MR) is 63.5 cm³/mol. The molecule has 4 nitrogen and oxygen atoms in total. The molecule has 1 heterocycles. The molecule has 1 aromatic carbocycles. The largest absolute Gasteiger partial charge is 0.228 e. The Hall–Kier alpha value is -0.980. The lowest BCUT2D eigenvalue weighted by Crippen LogP contribution is -1.95. The van der Waals surface area contributed by atoms with Gasteiger partial charge in [-0.3, -0.25) is 0 Å². The highest BCUT2D eigenvalue weighted by Gasteiger charge is 2.14. The van der Waals surface area contributed by atoms with Crippen LogP contribution < -0.4 is 0 Å². The van der Waals surface area contributed by atoms with E-state index in [0.717, 1.165) is 23.4 Å². The highest BCUT2D eigenvalue weighted by Crippen LogP contribution is 2.22. The second kappa shape index (κ2) is 4.12. The molecule has 0 saturated carbocycles. The van der Waals surface area contributed by atoms with Gasteiger partial charge in [0.05, 0.1) is 0 Å². The van der Waals surface area contributed by atoms with E-state index in [2.05, 4.69) is 9.36 Å². The van der Waals surface area contributed by atoms with Gasteiger partial charge in [0.2, 0.25) is 14.2 Å². The zero-order valence-electron chi connectivity index (χ0n) is 8.21. The maximum atomic E-state index is 11.2. The van der Waals surface area contributed by atoms with Crippen LogP contribution in [-0.4, -0.2) is 24.0 Å². The fourth-order valence-electron chi connectivity index (χ4n) is 1.08. The molecule has 0 aliphatic rings. The Morgan fingerprint density at radius 2 is 1.88 bits per heavy atom. The summed E-state index contributed by atoms with van der Waals surface area (Å²) in [6, 6.07) is 6.91. The van der Waals surface area contributed by atoms with Gasteiger partial charge in [-0.1, -0.05) is 11.6 Å². The summed E-state index contributed by atoms with van der Waals surface area (Å²) >= 11 is 6.62. The van der Waals surface area contributed by atoms with Crippen molar-refractivity contribution in [3.63, 3.8) is 0 Å². The zero-order chi connectivity index (χ0) is 11.8. The average Bonchev–Trinajstić information content (AvgIpc) is 2.67. The summed E-state index contributed by atoms with van der Waals surface area (Å²) in [4.78, 5) is 3.96. The molecule has 0 aliphatic carbocycles. The first-order valence-electron chi connectivity index (χ1n) is 4.26. The Morgan fingerprint density at radius 3 is 2.38 bits per heavy atom. The fourth-order valence-corrected chi connectivity index (χ4v) is 2.55. The summed E-state index contributed by atoms with van der Waals surface area (Å²) in [7, 11) is -3.28. The number of halogens is 1. The lowest BCUT2D eigenvalue weighted by molar-refractivity contribution is 0.601. The molecule has 0 spiro atoms. The molecule has 0 bridgehead atoms. The third-order valence-corrected chi connectivity index (χ3v) is 4.45. The number of hydrogen-bond donors (Lipinski definition) is 0. The first kappa shape index (κ1) is 11.5. The molecule has 0 atom stereocenters. The van der Waals surface area contributed by atoms with Crippen LogP contribution in [0.4, 0.5) is 0 Å². The molecule has 2 aromatic rings. The third kappa shape index (κ3) is 2.40. The molecule has 0 N–H and O–H groups in total. The number of aromatic nitrogens is 2. The van der Waals surface area contributed by atoms with Crippen LogP contribution in [-0.2, 0) is 9.84 Å². The first-order valence-corrected chi connectivity index (χ1v) is 7.31. The minimum absolute atomic E-state index is 0.0254. The molecule has 0 unspecified atom stereocenters. The van der Waals surface area contributed by atoms with Gasteiger partial charge in [0.1, 0.15) is 0 Å². The van der Waals surface area contributed by atoms with E-state index in [1.807, 2.05) is 0 Å². The molecule has 0 fully saturated rings. The van der Waals surface area contributed by atoms with Crippen molar-refractivity contribution in [1.29, 1.82) is 0 Å². The maximum Gasteiger partial charge on any atom is 0.228 e. The second-order valence-electron chi connectivity index (χ2n) is 3.16. The predicted octanol–water partition coefficient (Wildman–Crippen LogP) is 2.26. The van der Waals surface area contributed by atoms with E-state index in [-0.39, 0.29) is 4.34 Å². The van der Waals surface area contributed by atoms with Gasteiger partial charge in [-0.15, -0.1) is 0 Å². The average molecular weight is 275 g/mol. The molecule has 0 radical (unpaired) electrons. The van der Waals surface area contributed by atoms with Crippen LogP contribution in [0.25, 0.3) is 11.4 Å². The van der Waals surface area contributed by atoms with E-state index >= 15 is 0 Å². The van der Waals surface area contributed by atoms with E-state index in [9.17, 15) is 8.42 Å².